The van der Waals surface area contributed by atoms with Crippen molar-refractivity contribution in [2.24, 2.45) is 11.7 Å². The number of hydrogen-bond acceptors (Lipinski definition) is 3. The predicted octanol–water partition coefficient (Wildman–Crippen LogP) is 3.08. The minimum Gasteiger partial charge on any atom is -0.369 e. The molecule has 0 atom stereocenters. The highest BCUT2D eigenvalue weighted by molar-refractivity contribution is 6.04. The average molecular weight is 369 g/mol. The van der Waals surface area contributed by atoms with Crippen molar-refractivity contribution in [1.29, 1.82) is 0 Å². The molecule has 1 aliphatic rings. The number of primary amides is 1. The van der Waals surface area contributed by atoms with Crippen molar-refractivity contribution in [2.75, 3.05) is 18.4 Å². The number of halogens is 1. The molecule has 142 valence electrons. The van der Waals surface area contributed by atoms with Crippen molar-refractivity contribution in [3.05, 3.63) is 65.0 Å². The number of likely N-dealkylation sites (tertiary alicyclic amines) is 1. The van der Waals surface area contributed by atoms with E-state index in [1.165, 1.54) is 6.07 Å². The number of amides is 2. The molecule has 0 saturated carbocycles. The van der Waals surface area contributed by atoms with Gasteiger partial charge in [-0.2, -0.15) is 0 Å². The van der Waals surface area contributed by atoms with E-state index in [-0.39, 0.29) is 23.5 Å². The minimum absolute atomic E-state index is 0.0301. The Labute approximate surface area is 158 Å². The highest BCUT2D eigenvalue weighted by Crippen LogP contribution is 2.20. The third-order valence-electron chi connectivity index (χ3n) is 5.00. The molecule has 0 spiro atoms. The van der Waals surface area contributed by atoms with Crippen LogP contribution in [0.15, 0.2) is 42.5 Å². The smallest absolute Gasteiger partial charge is 0.255 e. The molecule has 3 rings (SSSR count). The standard InChI is InChI=1S/C21H24FN3O2/c1-14-11-18(5-6-19(14)22)24-21(27)17-4-2-3-15(12-17)13-25-9-7-16(8-10-25)20(23)26/h2-6,11-12,16H,7-10,13H2,1H3,(H2,23,26)(H,24,27). The number of aryl methyl sites for hydroxylation is 1. The zero-order chi connectivity index (χ0) is 19.4. The van der Waals surface area contributed by atoms with Crippen LogP contribution in [0.5, 0.6) is 0 Å². The van der Waals surface area contributed by atoms with E-state index < -0.39 is 0 Å². The number of hydrogen-bond donors (Lipinski definition) is 2. The van der Waals surface area contributed by atoms with Crippen molar-refractivity contribution in [3.63, 3.8) is 0 Å². The second kappa shape index (κ2) is 8.31. The van der Waals surface area contributed by atoms with Gasteiger partial charge in [-0.1, -0.05) is 12.1 Å². The number of piperidine rings is 1. The second-order valence-electron chi connectivity index (χ2n) is 7.07. The van der Waals surface area contributed by atoms with E-state index in [2.05, 4.69) is 10.2 Å². The van der Waals surface area contributed by atoms with Crippen molar-refractivity contribution in [2.45, 2.75) is 26.3 Å². The number of rotatable bonds is 5. The summed E-state index contributed by atoms with van der Waals surface area (Å²) in [4.78, 5) is 26.0. The van der Waals surface area contributed by atoms with Gasteiger partial charge in [0, 0.05) is 23.7 Å². The third-order valence-corrected chi connectivity index (χ3v) is 5.00. The maximum atomic E-state index is 13.4. The number of benzene rings is 2. The maximum absolute atomic E-state index is 13.4. The SMILES string of the molecule is Cc1cc(NC(=O)c2cccc(CN3CCC(C(N)=O)CC3)c2)ccc1F. The largest absolute Gasteiger partial charge is 0.369 e. The molecule has 2 aromatic carbocycles. The van der Waals surface area contributed by atoms with E-state index in [0.717, 1.165) is 38.0 Å². The summed E-state index contributed by atoms with van der Waals surface area (Å²) in [7, 11) is 0. The van der Waals surface area contributed by atoms with Crippen molar-refractivity contribution >= 4 is 17.5 Å². The number of nitrogens with two attached hydrogens (primary N) is 1. The fourth-order valence-electron chi connectivity index (χ4n) is 3.37. The summed E-state index contributed by atoms with van der Waals surface area (Å²) in [6.07, 6.45) is 1.55. The van der Waals surface area contributed by atoms with Crippen LogP contribution in [0, 0.1) is 18.7 Å². The highest BCUT2D eigenvalue weighted by Gasteiger charge is 2.23. The Balaban J connectivity index is 1.62. The van der Waals surface area contributed by atoms with Crippen LogP contribution in [0.25, 0.3) is 0 Å². The molecule has 3 N–H and O–H groups in total. The summed E-state index contributed by atoms with van der Waals surface area (Å²) >= 11 is 0. The van der Waals surface area contributed by atoms with Crippen LogP contribution < -0.4 is 11.1 Å². The monoisotopic (exact) mass is 369 g/mol. The second-order valence-corrected chi connectivity index (χ2v) is 7.07. The lowest BCUT2D eigenvalue weighted by molar-refractivity contribution is -0.123. The van der Waals surface area contributed by atoms with E-state index in [0.29, 0.717) is 16.8 Å². The van der Waals surface area contributed by atoms with Gasteiger partial charge in [-0.15, -0.1) is 0 Å². The van der Waals surface area contributed by atoms with Gasteiger partial charge in [0.2, 0.25) is 5.91 Å². The van der Waals surface area contributed by atoms with Gasteiger partial charge in [0.25, 0.3) is 5.91 Å². The normalized spacial score (nSPS) is 15.5. The van der Waals surface area contributed by atoms with Crippen LogP contribution in [-0.4, -0.2) is 29.8 Å². The molecule has 0 aliphatic carbocycles. The molecule has 27 heavy (non-hydrogen) atoms. The van der Waals surface area contributed by atoms with Crippen molar-refractivity contribution < 1.29 is 14.0 Å². The number of carbonyl (C=O) groups excluding carboxylic acids is 2. The molecule has 1 heterocycles. The number of nitrogens with one attached hydrogen (secondary N) is 1. The van der Waals surface area contributed by atoms with Crippen LogP contribution >= 0.6 is 0 Å². The van der Waals surface area contributed by atoms with Gasteiger partial charge in [-0.05, 0) is 74.3 Å². The topological polar surface area (TPSA) is 75.4 Å². The Bertz CT molecular complexity index is 845. The molecule has 2 aromatic rings. The van der Waals surface area contributed by atoms with Crippen LogP contribution in [0.2, 0.25) is 0 Å². The molecule has 5 nitrogen and oxygen atoms in total. The van der Waals surface area contributed by atoms with Crippen molar-refractivity contribution in [3.8, 4) is 0 Å². The number of anilines is 1. The molecule has 0 radical (unpaired) electrons. The van der Waals surface area contributed by atoms with E-state index >= 15 is 0 Å². The molecule has 1 saturated heterocycles. The van der Waals surface area contributed by atoms with Gasteiger partial charge in [-0.3, -0.25) is 14.5 Å². The fourth-order valence-corrected chi connectivity index (χ4v) is 3.37. The number of carbonyl (C=O) groups is 2. The van der Waals surface area contributed by atoms with E-state index in [9.17, 15) is 14.0 Å². The summed E-state index contributed by atoms with van der Waals surface area (Å²) in [6, 6.07) is 12.0. The Morgan fingerprint density at radius 3 is 2.59 bits per heavy atom. The first-order chi connectivity index (χ1) is 12.9. The van der Waals surface area contributed by atoms with Gasteiger partial charge in [0.05, 0.1) is 0 Å². The van der Waals surface area contributed by atoms with E-state index in [4.69, 9.17) is 5.73 Å². The Kier molecular flexibility index (Phi) is 5.86. The third kappa shape index (κ3) is 4.92. The summed E-state index contributed by atoms with van der Waals surface area (Å²) in [5.74, 6) is -0.771. The van der Waals surface area contributed by atoms with Gasteiger partial charge in [-0.25, -0.2) is 4.39 Å². The summed E-state index contributed by atoms with van der Waals surface area (Å²) in [6.45, 7) is 4.02. The summed E-state index contributed by atoms with van der Waals surface area (Å²) < 4.78 is 13.4. The maximum Gasteiger partial charge on any atom is 0.255 e. The summed E-state index contributed by atoms with van der Waals surface area (Å²) in [5, 5.41) is 2.80. The van der Waals surface area contributed by atoms with Crippen LogP contribution in [0.1, 0.15) is 34.3 Å². The van der Waals surface area contributed by atoms with Crippen LogP contribution in [0.3, 0.4) is 0 Å². The Morgan fingerprint density at radius 1 is 1.19 bits per heavy atom. The minimum atomic E-state index is -0.296. The summed E-state index contributed by atoms with van der Waals surface area (Å²) in [5.41, 5.74) is 8.03. The molecule has 1 fully saturated rings. The van der Waals surface area contributed by atoms with E-state index in [1.54, 1.807) is 25.1 Å². The van der Waals surface area contributed by atoms with Gasteiger partial charge >= 0.3 is 0 Å². The quantitative estimate of drug-likeness (QED) is 0.850. The van der Waals surface area contributed by atoms with Gasteiger partial charge in [0.1, 0.15) is 5.82 Å². The van der Waals surface area contributed by atoms with E-state index in [1.807, 2.05) is 18.2 Å². The zero-order valence-corrected chi connectivity index (χ0v) is 15.4. The number of nitrogens with zero attached hydrogens (tertiary/aromatic N) is 1. The first kappa shape index (κ1) is 19.0. The molecule has 1 aliphatic heterocycles. The van der Waals surface area contributed by atoms with Crippen LogP contribution in [0.4, 0.5) is 10.1 Å². The van der Waals surface area contributed by atoms with Crippen molar-refractivity contribution in [1.82, 2.24) is 4.90 Å². The lowest BCUT2D eigenvalue weighted by Crippen LogP contribution is -2.38. The molecule has 6 heteroatoms. The zero-order valence-electron chi connectivity index (χ0n) is 15.4. The molecular formula is C21H24FN3O2. The average Bonchev–Trinajstić information content (AvgIpc) is 2.65. The molecular weight excluding hydrogens is 345 g/mol. The van der Waals surface area contributed by atoms with Crippen LogP contribution in [-0.2, 0) is 11.3 Å². The first-order valence-corrected chi connectivity index (χ1v) is 9.10. The molecule has 0 bridgehead atoms. The molecule has 2 amide bonds. The highest BCUT2D eigenvalue weighted by atomic mass is 19.1. The Morgan fingerprint density at radius 2 is 1.93 bits per heavy atom. The Hall–Kier alpha value is -2.73. The fraction of sp³-hybridized carbons (Fsp3) is 0.333. The molecule has 0 aromatic heterocycles. The van der Waals surface area contributed by atoms with Gasteiger partial charge < -0.3 is 11.1 Å². The van der Waals surface area contributed by atoms with Gasteiger partial charge in [0.15, 0.2) is 0 Å². The molecule has 0 unspecified atom stereocenters. The lowest BCUT2D eigenvalue weighted by atomic mass is 9.96. The first-order valence-electron chi connectivity index (χ1n) is 9.10. The lowest BCUT2D eigenvalue weighted by Gasteiger charge is -2.30. The predicted molar refractivity (Wildman–Crippen MR) is 103 cm³/mol.